The van der Waals surface area contributed by atoms with Crippen molar-refractivity contribution in [2.75, 3.05) is 31.1 Å². The third-order valence-corrected chi connectivity index (χ3v) is 10.1. The van der Waals surface area contributed by atoms with Gasteiger partial charge in [-0.1, -0.05) is 24.3 Å². The summed E-state index contributed by atoms with van der Waals surface area (Å²) in [5.74, 6) is 1.17. The van der Waals surface area contributed by atoms with Crippen LogP contribution in [0.4, 0.5) is 5.82 Å². The number of aromatic nitrogens is 2. The van der Waals surface area contributed by atoms with Gasteiger partial charge >= 0.3 is 6.01 Å². The van der Waals surface area contributed by atoms with Gasteiger partial charge in [0.2, 0.25) is 0 Å². The molecule has 1 unspecified atom stereocenters. The monoisotopic (exact) mass is 501 g/mol. The van der Waals surface area contributed by atoms with Gasteiger partial charge in [-0.15, -0.1) is 0 Å². The Kier molecular flexibility index (Phi) is 6.16. The highest BCUT2D eigenvalue weighted by atomic mass is 16.5. The molecule has 0 saturated carbocycles. The fraction of sp³-hybridized carbons (Fsp3) is 0.677. The maximum atomic E-state index is 6.48. The minimum atomic E-state index is 0.215. The van der Waals surface area contributed by atoms with E-state index < -0.39 is 0 Å². The maximum absolute atomic E-state index is 6.48. The Morgan fingerprint density at radius 1 is 1.03 bits per heavy atom. The van der Waals surface area contributed by atoms with Crippen molar-refractivity contribution < 1.29 is 4.74 Å². The molecular weight excluding hydrogens is 458 g/mol. The van der Waals surface area contributed by atoms with Gasteiger partial charge in [0, 0.05) is 48.2 Å². The fourth-order valence-electron chi connectivity index (χ4n) is 8.30. The van der Waals surface area contributed by atoms with Gasteiger partial charge in [-0.3, -0.25) is 4.90 Å². The van der Waals surface area contributed by atoms with Gasteiger partial charge in [0.15, 0.2) is 0 Å². The SMILES string of the molecule is CC(C)N1CCC[C@H]1COc1nc2c(c(N3C[C@H]4CC[C@@H](C3)N4)n1)CCC1(CCCc3ccccc31)C2. The first-order valence-electron chi connectivity index (χ1n) is 15.0. The standard InChI is InChI=1S/C31H43N5O/c1-21(2)36-16-6-9-25(36)20-37-30-33-28-17-31(14-5-8-22-7-3-4-10-27(22)31)15-13-26(28)29(34-30)35-18-23-11-12-24(19-35)32-23/h3-4,7,10,21,23-25,32H,5-6,8-9,11-20H2,1-2H3/t23-,24+,25-,31?/m0/s1. The Labute approximate surface area is 222 Å². The molecule has 0 radical (unpaired) electrons. The summed E-state index contributed by atoms with van der Waals surface area (Å²) < 4.78 is 6.48. The molecule has 7 rings (SSSR count). The molecule has 1 aromatic heterocycles. The Bertz CT molecular complexity index is 1140. The molecule has 198 valence electrons. The number of anilines is 1. The van der Waals surface area contributed by atoms with Crippen LogP contribution in [0.1, 0.15) is 81.2 Å². The Hall–Kier alpha value is -2.18. The molecule has 1 spiro atoms. The number of rotatable bonds is 5. The van der Waals surface area contributed by atoms with Crippen LogP contribution in [0.2, 0.25) is 0 Å². The zero-order chi connectivity index (χ0) is 25.0. The third-order valence-electron chi connectivity index (χ3n) is 10.1. The summed E-state index contributed by atoms with van der Waals surface area (Å²) in [6.07, 6.45) is 12.1. The van der Waals surface area contributed by atoms with Crippen LogP contribution in [-0.4, -0.2) is 65.3 Å². The minimum absolute atomic E-state index is 0.215. The molecule has 3 fully saturated rings. The number of fused-ring (bicyclic) bond motifs is 5. The van der Waals surface area contributed by atoms with Crippen molar-refractivity contribution in [3.63, 3.8) is 0 Å². The lowest BCUT2D eigenvalue weighted by atomic mass is 9.62. The molecule has 1 aromatic carbocycles. The second kappa shape index (κ2) is 9.53. The number of likely N-dealkylation sites (tertiary alicyclic amines) is 1. The van der Waals surface area contributed by atoms with E-state index in [0.717, 1.165) is 25.9 Å². The predicted octanol–water partition coefficient (Wildman–Crippen LogP) is 4.43. The number of ether oxygens (including phenoxy) is 1. The molecule has 3 saturated heterocycles. The van der Waals surface area contributed by atoms with Gasteiger partial charge in [0.05, 0.1) is 5.69 Å². The quantitative estimate of drug-likeness (QED) is 0.654. The molecule has 2 bridgehead atoms. The number of nitrogens with one attached hydrogen (secondary N) is 1. The highest BCUT2D eigenvalue weighted by Crippen LogP contribution is 2.47. The fourth-order valence-corrected chi connectivity index (χ4v) is 8.30. The summed E-state index contributed by atoms with van der Waals surface area (Å²) in [6.45, 7) is 8.57. The van der Waals surface area contributed by atoms with E-state index in [1.54, 1.807) is 11.1 Å². The van der Waals surface area contributed by atoms with Crippen molar-refractivity contribution in [2.24, 2.45) is 0 Å². The lowest BCUT2D eigenvalue weighted by Gasteiger charge is -2.43. The van der Waals surface area contributed by atoms with E-state index in [1.807, 2.05) is 0 Å². The van der Waals surface area contributed by atoms with Crippen molar-refractivity contribution in [2.45, 2.75) is 108 Å². The average Bonchev–Trinajstić information content (AvgIpc) is 3.52. The molecular formula is C31H43N5O. The van der Waals surface area contributed by atoms with Crippen molar-refractivity contribution in [1.82, 2.24) is 20.2 Å². The second-order valence-corrected chi connectivity index (χ2v) is 12.7. The summed E-state index contributed by atoms with van der Waals surface area (Å²) in [5.41, 5.74) is 5.99. The molecule has 2 aliphatic carbocycles. The number of piperazine rings is 1. The van der Waals surface area contributed by atoms with E-state index in [0.29, 0.717) is 36.8 Å². The summed E-state index contributed by atoms with van der Waals surface area (Å²) in [7, 11) is 0. The Morgan fingerprint density at radius 2 is 1.86 bits per heavy atom. The van der Waals surface area contributed by atoms with Crippen LogP contribution in [0.15, 0.2) is 24.3 Å². The number of aryl methyl sites for hydroxylation is 1. The maximum Gasteiger partial charge on any atom is 0.318 e. The zero-order valence-corrected chi connectivity index (χ0v) is 22.7. The van der Waals surface area contributed by atoms with Gasteiger partial charge in [-0.05, 0) is 95.7 Å². The first-order chi connectivity index (χ1) is 18.1. The molecule has 4 atom stereocenters. The van der Waals surface area contributed by atoms with Crippen molar-refractivity contribution in [3.05, 3.63) is 46.6 Å². The predicted molar refractivity (Wildman–Crippen MR) is 148 cm³/mol. The van der Waals surface area contributed by atoms with Crippen molar-refractivity contribution >= 4 is 5.82 Å². The van der Waals surface area contributed by atoms with Gasteiger partial charge in [-0.25, -0.2) is 0 Å². The lowest BCUT2D eigenvalue weighted by Crippen LogP contribution is -2.52. The molecule has 4 heterocycles. The van der Waals surface area contributed by atoms with Gasteiger partial charge in [0.25, 0.3) is 0 Å². The molecule has 5 aliphatic rings. The number of nitrogens with zero attached hydrogens (tertiary/aromatic N) is 4. The van der Waals surface area contributed by atoms with Crippen LogP contribution in [0.5, 0.6) is 6.01 Å². The van der Waals surface area contributed by atoms with E-state index in [1.165, 1.54) is 75.0 Å². The molecule has 2 aromatic rings. The zero-order valence-electron chi connectivity index (χ0n) is 22.7. The Morgan fingerprint density at radius 3 is 2.70 bits per heavy atom. The molecule has 1 N–H and O–H groups in total. The van der Waals surface area contributed by atoms with E-state index in [2.05, 4.69) is 53.2 Å². The second-order valence-electron chi connectivity index (χ2n) is 12.7. The molecule has 0 amide bonds. The molecule has 3 aliphatic heterocycles. The number of hydrogen-bond acceptors (Lipinski definition) is 6. The minimum Gasteiger partial charge on any atom is -0.462 e. The van der Waals surface area contributed by atoms with E-state index in [-0.39, 0.29) is 5.41 Å². The molecule has 6 heteroatoms. The van der Waals surface area contributed by atoms with Crippen LogP contribution < -0.4 is 15.0 Å². The van der Waals surface area contributed by atoms with E-state index >= 15 is 0 Å². The highest BCUT2D eigenvalue weighted by Gasteiger charge is 2.42. The normalized spacial score (nSPS) is 31.1. The first-order valence-corrected chi connectivity index (χ1v) is 15.0. The highest BCUT2D eigenvalue weighted by molar-refractivity contribution is 5.54. The molecule has 6 nitrogen and oxygen atoms in total. The van der Waals surface area contributed by atoms with E-state index in [9.17, 15) is 0 Å². The first kappa shape index (κ1) is 23.9. The molecule has 37 heavy (non-hydrogen) atoms. The summed E-state index contributed by atoms with van der Waals surface area (Å²) in [6, 6.07) is 12.0. The van der Waals surface area contributed by atoms with Gasteiger partial charge < -0.3 is 15.0 Å². The van der Waals surface area contributed by atoms with Crippen LogP contribution in [0.3, 0.4) is 0 Å². The summed E-state index contributed by atoms with van der Waals surface area (Å²) in [5, 5.41) is 3.80. The van der Waals surface area contributed by atoms with Crippen molar-refractivity contribution in [1.29, 1.82) is 0 Å². The van der Waals surface area contributed by atoms with Crippen LogP contribution in [0, 0.1) is 0 Å². The van der Waals surface area contributed by atoms with Crippen LogP contribution in [0.25, 0.3) is 0 Å². The number of hydrogen-bond donors (Lipinski definition) is 1. The summed E-state index contributed by atoms with van der Waals surface area (Å²) >= 11 is 0. The van der Waals surface area contributed by atoms with Crippen LogP contribution in [-0.2, 0) is 24.7 Å². The van der Waals surface area contributed by atoms with Crippen LogP contribution >= 0.6 is 0 Å². The average molecular weight is 502 g/mol. The summed E-state index contributed by atoms with van der Waals surface area (Å²) in [4.78, 5) is 15.5. The topological polar surface area (TPSA) is 53.5 Å². The largest absolute Gasteiger partial charge is 0.462 e. The van der Waals surface area contributed by atoms with Crippen molar-refractivity contribution in [3.8, 4) is 6.01 Å². The third kappa shape index (κ3) is 4.34. The smallest absolute Gasteiger partial charge is 0.318 e. The Balaban J connectivity index is 1.22. The van der Waals surface area contributed by atoms with E-state index in [4.69, 9.17) is 14.7 Å². The number of benzene rings is 1. The van der Waals surface area contributed by atoms with Gasteiger partial charge in [-0.2, -0.15) is 9.97 Å². The lowest BCUT2D eigenvalue weighted by molar-refractivity contribution is 0.138. The van der Waals surface area contributed by atoms with Gasteiger partial charge in [0.1, 0.15) is 12.4 Å².